The van der Waals surface area contributed by atoms with E-state index >= 15 is 0 Å². The summed E-state index contributed by atoms with van der Waals surface area (Å²) in [6.07, 6.45) is 12.0. The Kier molecular flexibility index (Phi) is 3.96. The monoisotopic (exact) mass is 360 g/mol. The van der Waals surface area contributed by atoms with Crippen LogP contribution in [0, 0.1) is 34.5 Å². The molecule has 4 aliphatic carbocycles. The summed E-state index contributed by atoms with van der Waals surface area (Å²) in [6, 6.07) is 0. The Hall–Kier alpha value is -0.380. The van der Waals surface area contributed by atoms with Crippen molar-refractivity contribution in [1.82, 2.24) is 0 Å². The second-order valence-corrected chi connectivity index (χ2v) is 10.5. The van der Waals surface area contributed by atoms with E-state index in [0.717, 1.165) is 43.8 Å². The first-order valence-electron chi connectivity index (χ1n) is 11.0. The zero-order valence-corrected chi connectivity index (χ0v) is 16.8. The molecule has 0 aromatic carbocycles. The summed E-state index contributed by atoms with van der Waals surface area (Å²) in [5, 5.41) is 10.2. The van der Waals surface area contributed by atoms with Gasteiger partial charge in [0.1, 0.15) is 0 Å². The molecule has 0 aromatic rings. The van der Waals surface area contributed by atoms with E-state index in [9.17, 15) is 5.11 Å². The van der Waals surface area contributed by atoms with E-state index in [1.165, 1.54) is 38.5 Å². The second-order valence-electron chi connectivity index (χ2n) is 10.5. The first kappa shape index (κ1) is 17.7. The Morgan fingerprint density at radius 3 is 2.50 bits per heavy atom. The lowest BCUT2D eigenvalue weighted by atomic mass is 9.47. The van der Waals surface area contributed by atoms with E-state index in [1.54, 1.807) is 5.57 Å². The predicted octanol–water partition coefficient (Wildman–Crippen LogP) is 4.69. The minimum atomic E-state index is -0.356. The maximum Gasteiger partial charge on any atom is 0.169 e. The van der Waals surface area contributed by atoms with Gasteiger partial charge < -0.3 is 14.6 Å². The van der Waals surface area contributed by atoms with Gasteiger partial charge in [0.2, 0.25) is 0 Å². The van der Waals surface area contributed by atoms with Crippen molar-refractivity contribution in [2.75, 3.05) is 13.2 Å². The maximum atomic E-state index is 10.2. The molecular weight excluding hydrogens is 324 g/mol. The van der Waals surface area contributed by atoms with Gasteiger partial charge in [-0.25, -0.2) is 0 Å². The third-order valence-corrected chi connectivity index (χ3v) is 9.57. The normalized spacial score (nSPS) is 52.8. The molecule has 1 saturated heterocycles. The summed E-state index contributed by atoms with van der Waals surface area (Å²) in [7, 11) is 0. The fourth-order valence-corrected chi connectivity index (χ4v) is 8.23. The summed E-state index contributed by atoms with van der Waals surface area (Å²) >= 11 is 0. The largest absolute Gasteiger partial charge is 0.393 e. The first-order chi connectivity index (χ1) is 12.4. The molecule has 26 heavy (non-hydrogen) atoms. The van der Waals surface area contributed by atoms with Crippen molar-refractivity contribution in [3.05, 3.63) is 11.6 Å². The van der Waals surface area contributed by atoms with Crippen molar-refractivity contribution in [3.8, 4) is 0 Å². The molecule has 1 aliphatic heterocycles. The number of aliphatic hydroxyl groups is 1. The van der Waals surface area contributed by atoms with Gasteiger partial charge in [0.25, 0.3) is 0 Å². The molecule has 0 unspecified atom stereocenters. The van der Waals surface area contributed by atoms with Gasteiger partial charge in [-0.05, 0) is 86.9 Å². The summed E-state index contributed by atoms with van der Waals surface area (Å²) in [5.74, 6) is 2.61. The lowest BCUT2D eigenvalue weighted by molar-refractivity contribution is -0.214. The van der Waals surface area contributed by atoms with Gasteiger partial charge in [-0.2, -0.15) is 0 Å². The maximum absolute atomic E-state index is 10.2. The summed E-state index contributed by atoms with van der Waals surface area (Å²) < 4.78 is 12.3. The number of hydrogen-bond acceptors (Lipinski definition) is 3. The van der Waals surface area contributed by atoms with Gasteiger partial charge in [-0.3, -0.25) is 0 Å². The molecule has 4 fully saturated rings. The Morgan fingerprint density at radius 2 is 1.73 bits per heavy atom. The summed E-state index contributed by atoms with van der Waals surface area (Å²) in [6.45, 7) is 8.78. The molecule has 0 amide bonds. The van der Waals surface area contributed by atoms with Gasteiger partial charge in [-0.15, -0.1) is 0 Å². The van der Waals surface area contributed by atoms with Gasteiger partial charge in [0.15, 0.2) is 5.79 Å². The number of hydrogen-bond donors (Lipinski definition) is 1. The van der Waals surface area contributed by atoms with Crippen LogP contribution in [0.4, 0.5) is 0 Å². The van der Waals surface area contributed by atoms with Crippen LogP contribution in [0.1, 0.15) is 72.1 Å². The number of rotatable bonds is 1. The molecule has 0 radical (unpaired) electrons. The lowest BCUT2D eigenvalue weighted by Crippen LogP contribution is -2.53. The molecule has 3 nitrogen and oxygen atoms in total. The number of allylic oxidation sites excluding steroid dienone is 1. The van der Waals surface area contributed by atoms with Crippen LogP contribution < -0.4 is 0 Å². The highest BCUT2D eigenvalue weighted by Gasteiger charge is 2.62. The summed E-state index contributed by atoms with van der Waals surface area (Å²) in [4.78, 5) is 0. The average molecular weight is 361 g/mol. The molecule has 5 rings (SSSR count). The van der Waals surface area contributed by atoms with E-state index in [2.05, 4.69) is 26.8 Å². The van der Waals surface area contributed by atoms with Crippen LogP contribution in [0.15, 0.2) is 11.6 Å². The van der Waals surface area contributed by atoms with Crippen LogP contribution in [-0.2, 0) is 9.47 Å². The first-order valence-corrected chi connectivity index (χ1v) is 11.0. The van der Waals surface area contributed by atoms with E-state index in [0.29, 0.717) is 16.7 Å². The molecule has 0 aromatic heterocycles. The van der Waals surface area contributed by atoms with E-state index in [-0.39, 0.29) is 11.9 Å². The van der Waals surface area contributed by atoms with Crippen LogP contribution in [-0.4, -0.2) is 30.2 Å². The fourth-order valence-electron chi connectivity index (χ4n) is 8.23. The molecule has 0 spiro atoms. The number of ether oxygens (including phenoxy) is 2. The van der Waals surface area contributed by atoms with Crippen molar-refractivity contribution in [1.29, 1.82) is 0 Å². The van der Waals surface area contributed by atoms with Crippen LogP contribution in [0.2, 0.25) is 0 Å². The van der Waals surface area contributed by atoms with Gasteiger partial charge in [0, 0.05) is 5.92 Å². The Bertz CT molecular complexity index is 607. The molecule has 7 atom stereocenters. The van der Waals surface area contributed by atoms with Gasteiger partial charge in [0.05, 0.1) is 19.3 Å². The molecule has 5 aliphatic rings. The Balaban J connectivity index is 1.45. The minimum absolute atomic E-state index is 0.104. The van der Waals surface area contributed by atoms with Crippen molar-refractivity contribution in [2.24, 2.45) is 34.5 Å². The third kappa shape index (κ3) is 2.29. The van der Waals surface area contributed by atoms with Crippen LogP contribution in [0.25, 0.3) is 0 Å². The van der Waals surface area contributed by atoms with Crippen LogP contribution >= 0.6 is 0 Å². The smallest absolute Gasteiger partial charge is 0.169 e. The highest BCUT2D eigenvalue weighted by molar-refractivity contribution is 5.25. The quantitative estimate of drug-likeness (QED) is 0.690. The van der Waals surface area contributed by atoms with E-state index < -0.39 is 0 Å². The lowest BCUT2D eigenvalue weighted by Gasteiger charge is -2.58. The SMILES string of the molecule is CC1([C@H]2CC[C@H]3[C@@H]4CC=C5C[C@@H](O)CC[C@]5(C)[C@H]4CC[C@]23C)OCCO1. The van der Waals surface area contributed by atoms with E-state index in [1.807, 2.05) is 0 Å². The average Bonchev–Trinajstić information content (AvgIpc) is 3.19. The standard InChI is InChI=1S/C23H36O3/c1-21-10-8-16(24)14-15(21)4-5-17-18-6-7-20(23(3)25-12-13-26-23)22(18,2)11-9-19(17)21/h4,16-20,24H,5-14H2,1-3H3/t16-,17-,18-,19-,20-,21-,22-/m0/s1. The summed E-state index contributed by atoms with van der Waals surface area (Å²) in [5.41, 5.74) is 2.27. The highest BCUT2D eigenvalue weighted by Crippen LogP contribution is 2.68. The second kappa shape index (κ2) is 5.81. The van der Waals surface area contributed by atoms with E-state index in [4.69, 9.17) is 9.47 Å². The zero-order valence-electron chi connectivity index (χ0n) is 16.8. The van der Waals surface area contributed by atoms with Crippen LogP contribution in [0.5, 0.6) is 0 Å². The van der Waals surface area contributed by atoms with Crippen molar-refractivity contribution >= 4 is 0 Å². The molecule has 1 N–H and O–H groups in total. The molecule has 3 saturated carbocycles. The topological polar surface area (TPSA) is 38.7 Å². The molecule has 3 heteroatoms. The third-order valence-electron chi connectivity index (χ3n) is 9.57. The van der Waals surface area contributed by atoms with Gasteiger partial charge in [-0.1, -0.05) is 25.5 Å². The number of aliphatic hydroxyl groups excluding tert-OH is 1. The van der Waals surface area contributed by atoms with Crippen LogP contribution in [0.3, 0.4) is 0 Å². The molecule has 1 heterocycles. The molecule has 0 bridgehead atoms. The van der Waals surface area contributed by atoms with Crippen molar-refractivity contribution < 1.29 is 14.6 Å². The molecule has 146 valence electrons. The highest BCUT2D eigenvalue weighted by atomic mass is 16.7. The van der Waals surface area contributed by atoms with Crippen molar-refractivity contribution in [2.45, 2.75) is 84.0 Å². The number of fused-ring (bicyclic) bond motifs is 5. The van der Waals surface area contributed by atoms with Gasteiger partial charge >= 0.3 is 0 Å². The fraction of sp³-hybridized carbons (Fsp3) is 0.913. The van der Waals surface area contributed by atoms with Crippen molar-refractivity contribution in [3.63, 3.8) is 0 Å². The zero-order chi connectivity index (χ0) is 18.2. The predicted molar refractivity (Wildman–Crippen MR) is 102 cm³/mol. The minimum Gasteiger partial charge on any atom is -0.393 e. The Morgan fingerprint density at radius 1 is 0.962 bits per heavy atom. The Labute approximate surface area is 158 Å². The molecular formula is C23H36O3.